The fourth-order valence-electron chi connectivity index (χ4n) is 3.57. The number of hydrogen-bond acceptors (Lipinski definition) is 2. The summed E-state index contributed by atoms with van der Waals surface area (Å²) in [5, 5.41) is 3.78. The summed E-state index contributed by atoms with van der Waals surface area (Å²) in [5.41, 5.74) is 0. The van der Waals surface area contributed by atoms with Crippen molar-refractivity contribution in [2.24, 2.45) is 5.92 Å². The first-order valence-corrected chi connectivity index (χ1v) is 8.34. The Hall–Kier alpha value is -0.0800. The summed E-state index contributed by atoms with van der Waals surface area (Å²) < 4.78 is 0. The lowest BCUT2D eigenvalue weighted by atomic mass is 9.84. The average molecular weight is 252 g/mol. The maximum Gasteiger partial charge on any atom is 0.00672 e. The van der Waals surface area contributed by atoms with Crippen LogP contribution in [0.25, 0.3) is 0 Å². The normalized spacial score (nSPS) is 30.5. The van der Waals surface area contributed by atoms with E-state index in [0.29, 0.717) is 0 Å². The molecule has 0 atom stereocenters. The monoisotopic (exact) mass is 252 g/mol. The summed E-state index contributed by atoms with van der Waals surface area (Å²) in [4.78, 5) is 2.65. The van der Waals surface area contributed by atoms with Gasteiger partial charge in [-0.15, -0.1) is 0 Å². The van der Waals surface area contributed by atoms with E-state index in [4.69, 9.17) is 0 Å². The second-order valence-electron chi connectivity index (χ2n) is 6.34. The van der Waals surface area contributed by atoms with Crippen LogP contribution in [-0.2, 0) is 0 Å². The predicted octanol–water partition coefficient (Wildman–Crippen LogP) is 3.42. The Labute approximate surface area is 114 Å². The quantitative estimate of drug-likeness (QED) is 0.729. The van der Waals surface area contributed by atoms with Crippen molar-refractivity contribution in [1.29, 1.82) is 0 Å². The van der Waals surface area contributed by atoms with Crippen LogP contribution in [0, 0.1) is 5.92 Å². The average Bonchev–Trinajstić information content (AvgIpc) is 2.45. The molecule has 1 aliphatic carbocycles. The number of piperidine rings is 1. The molecule has 0 aromatic rings. The van der Waals surface area contributed by atoms with Gasteiger partial charge in [-0.05, 0) is 77.0 Å². The summed E-state index contributed by atoms with van der Waals surface area (Å²) in [7, 11) is 0. The number of hydrogen-bond donors (Lipinski definition) is 1. The molecule has 1 saturated heterocycles. The van der Waals surface area contributed by atoms with Gasteiger partial charge in [0.05, 0.1) is 0 Å². The summed E-state index contributed by atoms with van der Waals surface area (Å²) in [6, 6.07) is 0.828. The second kappa shape index (κ2) is 8.16. The van der Waals surface area contributed by atoms with Gasteiger partial charge >= 0.3 is 0 Å². The van der Waals surface area contributed by atoms with E-state index in [-0.39, 0.29) is 0 Å². The van der Waals surface area contributed by atoms with Gasteiger partial charge in [0.25, 0.3) is 0 Å². The van der Waals surface area contributed by atoms with Gasteiger partial charge in [0.1, 0.15) is 0 Å². The van der Waals surface area contributed by atoms with Gasteiger partial charge < -0.3 is 10.2 Å². The molecule has 106 valence electrons. The molecule has 2 rings (SSSR count). The third-order valence-corrected chi connectivity index (χ3v) is 4.96. The molecule has 18 heavy (non-hydrogen) atoms. The van der Waals surface area contributed by atoms with Gasteiger partial charge in [-0.25, -0.2) is 0 Å². The van der Waals surface area contributed by atoms with Crippen molar-refractivity contribution in [3.05, 3.63) is 0 Å². The van der Waals surface area contributed by atoms with Crippen LogP contribution in [0.15, 0.2) is 0 Å². The molecular formula is C16H32N2. The SMILES string of the molecule is CCC1CCC(NCCCN2CCCCC2)CC1. The first-order chi connectivity index (χ1) is 8.88. The number of nitrogens with one attached hydrogen (secondary N) is 1. The first kappa shape index (κ1) is 14.3. The molecule has 0 unspecified atom stereocenters. The van der Waals surface area contributed by atoms with E-state index >= 15 is 0 Å². The second-order valence-corrected chi connectivity index (χ2v) is 6.34. The zero-order valence-corrected chi connectivity index (χ0v) is 12.3. The van der Waals surface area contributed by atoms with E-state index in [2.05, 4.69) is 17.1 Å². The minimum Gasteiger partial charge on any atom is -0.314 e. The molecule has 0 amide bonds. The van der Waals surface area contributed by atoms with Crippen LogP contribution in [0.2, 0.25) is 0 Å². The number of nitrogens with zero attached hydrogens (tertiary/aromatic N) is 1. The van der Waals surface area contributed by atoms with Gasteiger partial charge in [0, 0.05) is 6.04 Å². The Kier molecular flexibility index (Phi) is 6.50. The smallest absolute Gasteiger partial charge is 0.00672 e. The number of rotatable bonds is 6. The molecule has 2 nitrogen and oxygen atoms in total. The molecule has 1 saturated carbocycles. The highest BCUT2D eigenvalue weighted by molar-refractivity contribution is 4.76. The van der Waals surface area contributed by atoms with Crippen LogP contribution in [0.1, 0.15) is 64.7 Å². The standard InChI is InChI=1S/C16H32N2/c1-2-15-7-9-16(10-8-15)17-11-6-14-18-12-4-3-5-13-18/h15-17H,2-14H2,1H3. The molecule has 0 bridgehead atoms. The Morgan fingerprint density at radius 3 is 2.39 bits per heavy atom. The zero-order valence-electron chi connectivity index (χ0n) is 12.3. The molecule has 0 radical (unpaired) electrons. The third kappa shape index (κ3) is 4.89. The molecule has 2 fully saturated rings. The van der Waals surface area contributed by atoms with Crippen LogP contribution in [-0.4, -0.2) is 37.1 Å². The lowest BCUT2D eigenvalue weighted by Crippen LogP contribution is -2.36. The minimum absolute atomic E-state index is 0.828. The van der Waals surface area contributed by atoms with Gasteiger partial charge in [0.15, 0.2) is 0 Å². The maximum absolute atomic E-state index is 3.78. The van der Waals surface area contributed by atoms with Crippen molar-refractivity contribution < 1.29 is 0 Å². The van der Waals surface area contributed by atoms with E-state index < -0.39 is 0 Å². The van der Waals surface area contributed by atoms with E-state index in [0.717, 1.165) is 12.0 Å². The molecule has 0 aromatic heterocycles. The van der Waals surface area contributed by atoms with Crippen molar-refractivity contribution >= 4 is 0 Å². The Morgan fingerprint density at radius 2 is 1.72 bits per heavy atom. The van der Waals surface area contributed by atoms with Crippen LogP contribution >= 0.6 is 0 Å². The molecule has 1 heterocycles. The summed E-state index contributed by atoms with van der Waals surface area (Å²) in [6.45, 7) is 7.59. The zero-order chi connectivity index (χ0) is 12.6. The van der Waals surface area contributed by atoms with Crippen molar-refractivity contribution in [1.82, 2.24) is 10.2 Å². The predicted molar refractivity (Wildman–Crippen MR) is 78.9 cm³/mol. The van der Waals surface area contributed by atoms with Crippen LogP contribution in [0.4, 0.5) is 0 Å². The van der Waals surface area contributed by atoms with Crippen molar-refractivity contribution in [2.45, 2.75) is 70.8 Å². The molecular weight excluding hydrogens is 220 g/mol. The Morgan fingerprint density at radius 1 is 1.00 bits per heavy atom. The maximum atomic E-state index is 3.78. The highest BCUT2D eigenvalue weighted by atomic mass is 15.1. The van der Waals surface area contributed by atoms with Gasteiger partial charge in [-0.3, -0.25) is 0 Å². The molecule has 1 N–H and O–H groups in total. The molecule has 2 aliphatic rings. The lowest BCUT2D eigenvalue weighted by Gasteiger charge is -2.29. The van der Waals surface area contributed by atoms with Gasteiger partial charge in [-0.2, -0.15) is 0 Å². The van der Waals surface area contributed by atoms with Gasteiger partial charge in [0.2, 0.25) is 0 Å². The van der Waals surface area contributed by atoms with E-state index in [1.807, 2.05) is 0 Å². The topological polar surface area (TPSA) is 15.3 Å². The minimum atomic E-state index is 0.828. The Bertz CT molecular complexity index is 203. The molecule has 0 spiro atoms. The fraction of sp³-hybridized carbons (Fsp3) is 1.00. The van der Waals surface area contributed by atoms with E-state index in [9.17, 15) is 0 Å². The highest BCUT2D eigenvalue weighted by Crippen LogP contribution is 2.26. The van der Waals surface area contributed by atoms with Gasteiger partial charge in [-0.1, -0.05) is 19.8 Å². The molecule has 1 aliphatic heterocycles. The summed E-state index contributed by atoms with van der Waals surface area (Å²) in [6.07, 6.45) is 12.8. The van der Waals surface area contributed by atoms with Crippen molar-refractivity contribution in [3.63, 3.8) is 0 Å². The largest absolute Gasteiger partial charge is 0.314 e. The van der Waals surface area contributed by atoms with Crippen molar-refractivity contribution in [3.8, 4) is 0 Å². The first-order valence-electron chi connectivity index (χ1n) is 8.34. The van der Waals surface area contributed by atoms with Crippen LogP contribution in [0.3, 0.4) is 0 Å². The summed E-state index contributed by atoms with van der Waals surface area (Å²) in [5.74, 6) is 1.02. The molecule has 2 heteroatoms. The van der Waals surface area contributed by atoms with Crippen LogP contribution in [0.5, 0.6) is 0 Å². The fourth-order valence-corrected chi connectivity index (χ4v) is 3.57. The van der Waals surface area contributed by atoms with E-state index in [1.54, 1.807) is 0 Å². The van der Waals surface area contributed by atoms with E-state index in [1.165, 1.54) is 84.0 Å². The van der Waals surface area contributed by atoms with Crippen molar-refractivity contribution in [2.75, 3.05) is 26.2 Å². The number of likely N-dealkylation sites (tertiary alicyclic amines) is 1. The summed E-state index contributed by atoms with van der Waals surface area (Å²) >= 11 is 0. The Balaban J connectivity index is 1.48. The molecule has 0 aromatic carbocycles. The third-order valence-electron chi connectivity index (χ3n) is 4.96. The lowest BCUT2D eigenvalue weighted by molar-refractivity contribution is 0.221. The van der Waals surface area contributed by atoms with Crippen LogP contribution < -0.4 is 5.32 Å². The highest BCUT2D eigenvalue weighted by Gasteiger charge is 2.19.